The molecular weight excluding hydrogens is 390 g/mol. The molecule has 3 N–H and O–H groups in total. The Labute approximate surface area is 190 Å². The minimum Gasteiger partial charge on any atom is -0.356 e. The van der Waals surface area contributed by atoms with Crippen LogP contribution in [0.5, 0.6) is 0 Å². The summed E-state index contributed by atoms with van der Waals surface area (Å²) in [5.74, 6) is -0.572. The maximum atomic E-state index is 12.5. The molecule has 3 amide bonds. The van der Waals surface area contributed by atoms with Gasteiger partial charge in [0.15, 0.2) is 0 Å². The highest BCUT2D eigenvalue weighted by atomic mass is 16.2. The molecule has 31 heavy (non-hydrogen) atoms. The molecule has 0 aliphatic carbocycles. The second kappa shape index (κ2) is 21.4. The maximum Gasteiger partial charge on any atom is 0.244 e. The lowest BCUT2D eigenvalue weighted by Crippen LogP contribution is -2.47. The Bertz CT molecular complexity index is 506. The minimum atomic E-state index is -0.690. The molecular formula is C25H47N3O3. The molecule has 0 heterocycles. The summed E-state index contributed by atoms with van der Waals surface area (Å²) in [6.07, 6.45) is 17.3. The highest BCUT2D eigenvalue weighted by Gasteiger charge is 2.20. The van der Waals surface area contributed by atoms with E-state index in [9.17, 15) is 14.4 Å². The van der Waals surface area contributed by atoms with Gasteiger partial charge in [0.05, 0.1) is 0 Å². The van der Waals surface area contributed by atoms with Gasteiger partial charge in [0, 0.05) is 19.5 Å². The molecule has 1 atom stereocenters. The van der Waals surface area contributed by atoms with Crippen LogP contribution in [0.3, 0.4) is 0 Å². The Morgan fingerprint density at radius 2 is 1.32 bits per heavy atom. The second-order valence-corrected chi connectivity index (χ2v) is 8.26. The van der Waals surface area contributed by atoms with Gasteiger partial charge < -0.3 is 16.0 Å². The van der Waals surface area contributed by atoms with Gasteiger partial charge in [-0.05, 0) is 38.2 Å². The fourth-order valence-electron chi connectivity index (χ4n) is 3.18. The zero-order valence-corrected chi connectivity index (χ0v) is 20.3. The van der Waals surface area contributed by atoms with Gasteiger partial charge >= 0.3 is 0 Å². The van der Waals surface area contributed by atoms with Crippen LogP contribution >= 0.6 is 0 Å². The number of hydrogen-bond acceptors (Lipinski definition) is 3. The van der Waals surface area contributed by atoms with Gasteiger partial charge in [0.2, 0.25) is 17.7 Å². The third-order valence-electron chi connectivity index (χ3n) is 5.22. The Morgan fingerprint density at radius 3 is 1.97 bits per heavy atom. The summed E-state index contributed by atoms with van der Waals surface area (Å²) in [6, 6.07) is -0.690. The SMILES string of the molecule is CCCCCCCCC/C=C/C(=O)N[C@@H](CCC(=O)NCCCC)C(=O)NCCCC. The van der Waals surface area contributed by atoms with Crippen molar-refractivity contribution < 1.29 is 14.4 Å². The Morgan fingerprint density at radius 1 is 0.742 bits per heavy atom. The first-order valence-electron chi connectivity index (χ1n) is 12.6. The molecule has 180 valence electrons. The Hall–Kier alpha value is -1.85. The number of carbonyl (C=O) groups is 3. The zero-order valence-electron chi connectivity index (χ0n) is 20.3. The lowest BCUT2D eigenvalue weighted by molar-refractivity contribution is -0.128. The van der Waals surface area contributed by atoms with E-state index in [1.807, 2.05) is 6.08 Å². The van der Waals surface area contributed by atoms with Crippen LogP contribution in [0.25, 0.3) is 0 Å². The quantitative estimate of drug-likeness (QED) is 0.189. The molecule has 0 aromatic rings. The molecule has 6 nitrogen and oxygen atoms in total. The van der Waals surface area contributed by atoms with Gasteiger partial charge in [-0.3, -0.25) is 14.4 Å². The molecule has 0 rings (SSSR count). The number of carbonyl (C=O) groups excluding carboxylic acids is 3. The molecule has 0 spiro atoms. The molecule has 0 fully saturated rings. The van der Waals surface area contributed by atoms with Gasteiger partial charge in [-0.25, -0.2) is 0 Å². The van der Waals surface area contributed by atoms with E-state index in [0.717, 1.165) is 38.5 Å². The predicted octanol–water partition coefficient (Wildman–Crippen LogP) is 4.78. The van der Waals surface area contributed by atoms with Crippen molar-refractivity contribution in [2.45, 2.75) is 117 Å². The third kappa shape index (κ3) is 18.6. The van der Waals surface area contributed by atoms with Crippen LogP contribution in [0.15, 0.2) is 12.2 Å². The monoisotopic (exact) mass is 437 g/mol. The van der Waals surface area contributed by atoms with E-state index in [-0.39, 0.29) is 24.1 Å². The summed E-state index contributed by atoms with van der Waals surface area (Å²) in [4.78, 5) is 36.7. The van der Waals surface area contributed by atoms with Crippen LogP contribution in [-0.4, -0.2) is 36.9 Å². The van der Waals surface area contributed by atoms with Crippen LogP contribution in [0, 0.1) is 0 Å². The average Bonchev–Trinajstić information content (AvgIpc) is 2.75. The first-order valence-corrected chi connectivity index (χ1v) is 12.6. The van der Waals surface area contributed by atoms with Gasteiger partial charge in [-0.1, -0.05) is 78.2 Å². The lowest BCUT2D eigenvalue weighted by atomic mass is 10.1. The molecule has 0 aromatic heterocycles. The summed E-state index contributed by atoms with van der Waals surface area (Å²) < 4.78 is 0. The molecule has 0 radical (unpaired) electrons. The summed E-state index contributed by atoms with van der Waals surface area (Å²) in [5, 5.41) is 8.49. The molecule has 0 saturated heterocycles. The molecule has 0 aromatic carbocycles. The number of amides is 3. The number of allylic oxidation sites excluding steroid dienone is 1. The normalized spacial score (nSPS) is 12.0. The predicted molar refractivity (Wildman–Crippen MR) is 129 cm³/mol. The number of rotatable bonds is 20. The molecule has 0 aliphatic rings. The topological polar surface area (TPSA) is 87.3 Å². The van der Waals surface area contributed by atoms with Crippen LogP contribution in [0.4, 0.5) is 0 Å². The van der Waals surface area contributed by atoms with Gasteiger partial charge in [0.25, 0.3) is 0 Å². The number of nitrogens with one attached hydrogen (secondary N) is 3. The van der Waals surface area contributed by atoms with E-state index in [2.05, 4.69) is 36.7 Å². The van der Waals surface area contributed by atoms with Crippen molar-refractivity contribution in [2.24, 2.45) is 0 Å². The summed E-state index contributed by atoms with van der Waals surface area (Å²) in [7, 11) is 0. The lowest BCUT2D eigenvalue weighted by Gasteiger charge is -2.17. The van der Waals surface area contributed by atoms with E-state index >= 15 is 0 Å². The summed E-state index contributed by atoms with van der Waals surface area (Å²) >= 11 is 0. The molecule has 0 saturated carbocycles. The fourth-order valence-corrected chi connectivity index (χ4v) is 3.18. The van der Waals surface area contributed by atoms with E-state index in [1.165, 1.54) is 44.6 Å². The van der Waals surface area contributed by atoms with Crippen molar-refractivity contribution in [3.63, 3.8) is 0 Å². The van der Waals surface area contributed by atoms with Gasteiger partial charge in [0.1, 0.15) is 6.04 Å². The summed E-state index contributed by atoms with van der Waals surface area (Å²) in [5.41, 5.74) is 0. The van der Waals surface area contributed by atoms with E-state index in [4.69, 9.17) is 0 Å². The second-order valence-electron chi connectivity index (χ2n) is 8.26. The molecule has 0 unspecified atom stereocenters. The van der Waals surface area contributed by atoms with Crippen LogP contribution < -0.4 is 16.0 Å². The van der Waals surface area contributed by atoms with Crippen molar-refractivity contribution in [3.8, 4) is 0 Å². The number of hydrogen-bond donors (Lipinski definition) is 3. The first kappa shape index (κ1) is 29.1. The number of unbranched alkanes of at least 4 members (excludes halogenated alkanes) is 9. The van der Waals surface area contributed by atoms with Crippen molar-refractivity contribution in [1.29, 1.82) is 0 Å². The van der Waals surface area contributed by atoms with Crippen molar-refractivity contribution in [2.75, 3.05) is 13.1 Å². The third-order valence-corrected chi connectivity index (χ3v) is 5.22. The van der Waals surface area contributed by atoms with Gasteiger partial charge in [-0.15, -0.1) is 0 Å². The Kier molecular flexibility index (Phi) is 20.1. The van der Waals surface area contributed by atoms with E-state index < -0.39 is 6.04 Å². The first-order chi connectivity index (χ1) is 15.0. The Balaban J connectivity index is 4.37. The summed E-state index contributed by atoms with van der Waals surface area (Å²) in [6.45, 7) is 7.58. The molecule has 0 aliphatic heterocycles. The standard InChI is InChI=1S/C25H47N3O3/c1-4-7-10-11-12-13-14-15-16-17-24(30)28-22(25(31)27-21-9-6-3)18-19-23(29)26-20-8-5-2/h16-17,22H,4-15,18-21H2,1-3H3,(H,26,29)(H,27,31)(H,28,30)/b17-16+/t22-/m0/s1. The minimum absolute atomic E-state index is 0.0801. The highest BCUT2D eigenvalue weighted by Crippen LogP contribution is 2.08. The molecule has 6 heteroatoms. The smallest absolute Gasteiger partial charge is 0.244 e. The van der Waals surface area contributed by atoms with E-state index in [0.29, 0.717) is 19.5 Å². The van der Waals surface area contributed by atoms with Crippen molar-refractivity contribution in [3.05, 3.63) is 12.2 Å². The van der Waals surface area contributed by atoms with E-state index in [1.54, 1.807) is 0 Å². The van der Waals surface area contributed by atoms with Crippen molar-refractivity contribution in [1.82, 2.24) is 16.0 Å². The van der Waals surface area contributed by atoms with Crippen molar-refractivity contribution >= 4 is 17.7 Å². The fraction of sp³-hybridized carbons (Fsp3) is 0.800. The molecule has 0 bridgehead atoms. The highest BCUT2D eigenvalue weighted by molar-refractivity contribution is 5.93. The maximum absolute atomic E-state index is 12.5. The van der Waals surface area contributed by atoms with Gasteiger partial charge in [-0.2, -0.15) is 0 Å². The largest absolute Gasteiger partial charge is 0.356 e. The zero-order chi connectivity index (χ0) is 23.2. The van der Waals surface area contributed by atoms with Crippen LogP contribution in [0.2, 0.25) is 0 Å². The van der Waals surface area contributed by atoms with Crippen LogP contribution in [-0.2, 0) is 14.4 Å². The van der Waals surface area contributed by atoms with Crippen LogP contribution in [0.1, 0.15) is 111 Å². The average molecular weight is 438 g/mol.